The summed E-state index contributed by atoms with van der Waals surface area (Å²) in [6.45, 7) is 0.185. The molecule has 1 aliphatic heterocycles. The first-order valence-electron chi connectivity index (χ1n) is 10.2. The van der Waals surface area contributed by atoms with Crippen LogP contribution in [0.15, 0.2) is 70.7 Å². The number of rotatable bonds is 6. The lowest BCUT2D eigenvalue weighted by Crippen LogP contribution is -2.54. The highest BCUT2D eigenvalue weighted by Crippen LogP contribution is 2.34. The summed E-state index contributed by atoms with van der Waals surface area (Å²) >= 11 is 5.49. The molecule has 0 unspecified atom stereocenters. The van der Waals surface area contributed by atoms with Gasteiger partial charge in [-0.05, 0) is 104 Å². The molecule has 1 heterocycles. The first-order chi connectivity index (χ1) is 17.1. The Morgan fingerprint density at radius 3 is 2.36 bits per heavy atom. The summed E-state index contributed by atoms with van der Waals surface area (Å²) in [5, 5.41) is 11.1. The van der Waals surface area contributed by atoms with Crippen molar-refractivity contribution in [2.75, 3.05) is 4.90 Å². The third kappa shape index (κ3) is 5.46. The molecule has 1 fully saturated rings. The molecule has 4 rings (SSSR count). The lowest BCUT2D eigenvalue weighted by atomic mass is 10.1. The van der Waals surface area contributed by atoms with Crippen molar-refractivity contribution in [2.45, 2.75) is 6.61 Å². The van der Waals surface area contributed by atoms with Gasteiger partial charge in [0, 0.05) is 0 Å². The lowest BCUT2D eigenvalue weighted by Gasteiger charge is -2.26. The summed E-state index contributed by atoms with van der Waals surface area (Å²) in [5.74, 6) is -2.72. The van der Waals surface area contributed by atoms with Crippen LogP contribution in [0.3, 0.4) is 0 Å². The van der Waals surface area contributed by atoms with E-state index in [0.29, 0.717) is 19.4 Å². The van der Waals surface area contributed by atoms with Crippen molar-refractivity contribution in [1.82, 2.24) is 5.32 Å². The molecule has 182 valence electrons. The van der Waals surface area contributed by atoms with Gasteiger partial charge < -0.3 is 9.84 Å². The van der Waals surface area contributed by atoms with E-state index in [1.165, 1.54) is 30.3 Å². The van der Waals surface area contributed by atoms with Crippen molar-refractivity contribution in [3.8, 4) is 5.75 Å². The molecule has 0 aliphatic carbocycles. The fourth-order valence-electron chi connectivity index (χ4n) is 3.35. The maximum Gasteiger partial charge on any atom is 0.335 e. The van der Waals surface area contributed by atoms with Gasteiger partial charge in [0.2, 0.25) is 0 Å². The maximum atomic E-state index is 13.3. The highest BCUT2D eigenvalue weighted by Gasteiger charge is 2.36. The van der Waals surface area contributed by atoms with Gasteiger partial charge in [-0.15, -0.1) is 0 Å². The summed E-state index contributed by atoms with van der Waals surface area (Å²) in [7, 11) is 0. The van der Waals surface area contributed by atoms with Gasteiger partial charge in [-0.25, -0.2) is 18.9 Å². The number of nitrogens with one attached hydrogen (secondary N) is 1. The van der Waals surface area contributed by atoms with Gasteiger partial charge in [0.15, 0.2) is 0 Å². The molecule has 8 nitrogen and oxygen atoms in total. The molecule has 1 aliphatic rings. The smallest absolute Gasteiger partial charge is 0.335 e. The van der Waals surface area contributed by atoms with Gasteiger partial charge in [-0.1, -0.05) is 12.1 Å². The topological polar surface area (TPSA) is 113 Å². The molecule has 3 aromatic rings. The molecule has 0 atom stereocenters. The second kappa shape index (κ2) is 10.6. The molecule has 2 N–H and O–H groups in total. The Hall–Kier alpha value is -3.58. The third-order valence-corrected chi connectivity index (χ3v) is 6.49. The summed E-state index contributed by atoms with van der Waals surface area (Å²) in [5.41, 5.74) is 1.29. The van der Waals surface area contributed by atoms with Crippen LogP contribution in [-0.4, -0.2) is 28.9 Å². The highest BCUT2D eigenvalue weighted by atomic mass is 127. The first kappa shape index (κ1) is 25.5. The van der Waals surface area contributed by atoms with Crippen molar-refractivity contribution in [3.05, 3.63) is 96.8 Å². The molecular formula is C25H15BrFIN2O6. The van der Waals surface area contributed by atoms with Crippen LogP contribution in [0.25, 0.3) is 6.08 Å². The molecule has 0 radical (unpaired) electrons. The molecular weight excluding hydrogens is 650 g/mol. The zero-order valence-corrected chi connectivity index (χ0v) is 21.9. The number of ether oxygens (including phenoxy) is 1. The SMILES string of the molecule is O=C1NC(=O)N(c2ccc(F)cc2)C(=O)/C1=C/c1cc(Br)c(OCc2ccc(C(=O)O)cc2)c(I)c1. The number of halogens is 3. The number of benzene rings is 3. The van der Waals surface area contributed by atoms with E-state index >= 15 is 0 Å². The van der Waals surface area contributed by atoms with E-state index in [-0.39, 0.29) is 23.4 Å². The van der Waals surface area contributed by atoms with E-state index in [2.05, 4.69) is 21.2 Å². The van der Waals surface area contributed by atoms with E-state index in [1.807, 2.05) is 22.6 Å². The van der Waals surface area contributed by atoms with Crippen LogP contribution in [0.1, 0.15) is 21.5 Å². The first-order valence-corrected chi connectivity index (χ1v) is 12.1. The minimum Gasteiger partial charge on any atom is -0.487 e. The van der Waals surface area contributed by atoms with E-state index in [1.54, 1.807) is 24.3 Å². The second-order valence-electron chi connectivity index (χ2n) is 7.54. The summed E-state index contributed by atoms with van der Waals surface area (Å²) in [4.78, 5) is 49.5. The van der Waals surface area contributed by atoms with Crippen molar-refractivity contribution >= 4 is 74.1 Å². The number of anilines is 1. The highest BCUT2D eigenvalue weighted by molar-refractivity contribution is 14.1. The van der Waals surface area contributed by atoms with Gasteiger partial charge in [-0.3, -0.25) is 14.9 Å². The number of carboxylic acids is 1. The Bertz CT molecular complexity index is 1400. The summed E-state index contributed by atoms with van der Waals surface area (Å²) < 4.78 is 20.4. The van der Waals surface area contributed by atoms with Crippen molar-refractivity contribution in [3.63, 3.8) is 0 Å². The van der Waals surface area contributed by atoms with Gasteiger partial charge in [-0.2, -0.15) is 0 Å². The average Bonchev–Trinajstić information content (AvgIpc) is 2.82. The zero-order chi connectivity index (χ0) is 26.0. The predicted octanol–water partition coefficient (Wildman–Crippen LogP) is 5.14. The number of hydrogen-bond donors (Lipinski definition) is 2. The van der Waals surface area contributed by atoms with Gasteiger partial charge >= 0.3 is 12.0 Å². The van der Waals surface area contributed by atoms with Crippen molar-refractivity contribution in [2.24, 2.45) is 0 Å². The lowest BCUT2D eigenvalue weighted by molar-refractivity contribution is -0.122. The predicted molar refractivity (Wildman–Crippen MR) is 140 cm³/mol. The molecule has 3 aromatic carbocycles. The van der Waals surface area contributed by atoms with E-state index < -0.39 is 29.6 Å². The normalized spacial score (nSPS) is 14.7. The molecule has 36 heavy (non-hydrogen) atoms. The number of carbonyl (C=O) groups is 4. The molecule has 0 aromatic heterocycles. The fourth-order valence-corrected chi connectivity index (χ4v) is 5.12. The van der Waals surface area contributed by atoms with E-state index in [4.69, 9.17) is 9.84 Å². The molecule has 1 saturated heterocycles. The zero-order valence-electron chi connectivity index (χ0n) is 18.1. The number of imide groups is 2. The Kier molecular flexibility index (Phi) is 7.50. The number of urea groups is 1. The monoisotopic (exact) mass is 664 g/mol. The number of nitrogens with zero attached hydrogens (tertiary/aromatic N) is 1. The molecule has 0 saturated carbocycles. The summed E-state index contributed by atoms with van der Waals surface area (Å²) in [6.07, 6.45) is 1.35. The number of carboxylic acid groups (broad SMARTS) is 1. The Labute approximate surface area is 226 Å². The van der Waals surface area contributed by atoms with Crippen LogP contribution in [0.2, 0.25) is 0 Å². The van der Waals surface area contributed by atoms with E-state index in [0.717, 1.165) is 22.6 Å². The Morgan fingerprint density at radius 2 is 1.75 bits per heavy atom. The number of barbiturate groups is 1. The van der Waals surface area contributed by atoms with Crippen LogP contribution in [0, 0.1) is 9.39 Å². The van der Waals surface area contributed by atoms with Crippen LogP contribution in [0.4, 0.5) is 14.9 Å². The molecule has 0 bridgehead atoms. The van der Waals surface area contributed by atoms with Crippen LogP contribution < -0.4 is 15.0 Å². The number of amides is 4. The molecule has 0 spiro atoms. The van der Waals surface area contributed by atoms with E-state index in [9.17, 15) is 23.6 Å². The van der Waals surface area contributed by atoms with Crippen molar-refractivity contribution < 1.29 is 33.4 Å². The standard InChI is InChI=1S/C25H15BrFIN2O6/c26-19-10-14(11-20(28)21(19)36-12-13-1-3-15(4-2-13)24(33)34)9-18-22(31)29-25(35)30(23(18)32)17-7-5-16(27)6-8-17/h1-11H,12H2,(H,33,34)(H,29,31,35)/b18-9+. The Morgan fingerprint density at radius 1 is 1.08 bits per heavy atom. The largest absolute Gasteiger partial charge is 0.487 e. The molecule has 11 heteroatoms. The maximum absolute atomic E-state index is 13.3. The van der Waals surface area contributed by atoms with Crippen LogP contribution in [0.5, 0.6) is 5.75 Å². The Balaban J connectivity index is 1.57. The third-order valence-electron chi connectivity index (χ3n) is 5.10. The molecule has 4 amide bonds. The fraction of sp³-hybridized carbons (Fsp3) is 0.0400. The van der Waals surface area contributed by atoms with Crippen LogP contribution in [-0.2, 0) is 16.2 Å². The van der Waals surface area contributed by atoms with Gasteiger partial charge in [0.05, 0.1) is 19.3 Å². The minimum absolute atomic E-state index is 0.119. The number of aromatic carboxylic acids is 1. The quantitative estimate of drug-likeness (QED) is 0.215. The number of hydrogen-bond acceptors (Lipinski definition) is 5. The van der Waals surface area contributed by atoms with Crippen molar-refractivity contribution in [1.29, 1.82) is 0 Å². The number of carbonyl (C=O) groups excluding carboxylic acids is 3. The van der Waals surface area contributed by atoms with Crippen LogP contribution >= 0.6 is 38.5 Å². The average molecular weight is 665 g/mol. The van der Waals surface area contributed by atoms with Gasteiger partial charge in [0.25, 0.3) is 11.8 Å². The summed E-state index contributed by atoms with van der Waals surface area (Å²) in [6, 6.07) is 13.5. The second-order valence-corrected chi connectivity index (χ2v) is 9.56. The minimum atomic E-state index is -1.01. The van der Waals surface area contributed by atoms with Gasteiger partial charge in [0.1, 0.15) is 23.7 Å².